The van der Waals surface area contributed by atoms with Gasteiger partial charge in [0, 0.05) is 31.9 Å². The molecule has 1 aliphatic heterocycles. The lowest BCUT2D eigenvalue weighted by molar-refractivity contribution is -0.0525. The van der Waals surface area contributed by atoms with E-state index in [-0.39, 0.29) is 18.8 Å². The first-order valence-corrected chi connectivity index (χ1v) is 13.6. The van der Waals surface area contributed by atoms with Crippen LogP contribution in [0.25, 0.3) is 0 Å². The van der Waals surface area contributed by atoms with Gasteiger partial charge in [-0.05, 0) is 6.92 Å². The van der Waals surface area contributed by atoms with Crippen LogP contribution in [0.1, 0.15) is 25.1 Å². The van der Waals surface area contributed by atoms with E-state index in [4.69, 9.17) is 29.7 Å². The Labute approximate surface area is 186 Å². The number of rotatable bonds is 12. The SMILES string of the molecule is CCOCc1cn([C@H]2CC(OC)[C@@H](COP(=O)(O)OP(=O)(O)OP(=O)(O)O)O2)c(=O)nc1N. The monoisotopic (exact) mass is 539 g/mol. The van der Waals surface area contributed by atoms with Crippen LogP contribution in [-0.4, -0.2) is 61.7 Å². The van der Waals surface area contributed by atoms with Crippen molar-refractivity contribution in [1.29, 1.82) is 0 Å². The first-order chi connectivity index (χ1) is 15.2. The molecule has 0 aliphatic carbocycles. The molecule has 0 spiro atoms. The van der Waals surface area contributed by atoms with Gasteiger partial charge in [0.25, 0.3) is 0 Å². The van der Waals surface area contributed by atoms with Crippen LogP contribution in [-0.2, 0) is 47.7 Å². The zero-order valence-corrected chi connectivity index (χ0v) is 20.0. The van der Waals surface area contributed by atoms with E-state index >= 15 is 0 Å². The maximum absolute atomic E-state index is 12.3. The Balaban J connectivity index is 2.10. The molecular weight excluding hydrogens is 515 g/mol. The van der Waals surface area contributed by atoms with Gasteiger partial charge in [-0.1, -0.05) is 0 Å². The lowest BCUT2D eigenvalue weighted by atomic mass is 10.2. The Morgan fingerprint density at radius 3 is 2.45 bits per heavy atom. The largest absolute Gasteiger partial charge is 0.490 e. The van der Waals surface area contributed by atoms with Crippen molar-refractivity contribution in [1.82, 2.24) is 9.55 Å². The molecule has 190 valence electrons. The highest BCUT2D eigenvalue weighted by atomic mass is 31.3. The molecule has 17 nitrogen and oxygen atoms in total. The van der Waals surface area contributed by atoms with Crippen LogP contribution in [0.3, 0.4) is 0 Å². The van der Waals surface area contributed by atoms with Crippen LogP contribution >= 0.6 is 23.5 Å². The molecule has 0 radical (unpaired) electrons. The molecular formula is C13H24N3O14P3. The maximum atomic E-state index is 12.3. The summed E-state index contributed by atoms with van der Waals surface area (Å²) in [7, 11) is -15.2. The molecule has 1 fully saturated rings. The number of hydrogen-bond donors (Lipinski definition) is 5. The fourth-order valence-electron chi connectivity index (χ4n) is 2.79. The van der Waals surface area contributed by atoms with E-state index in [2.05, 4.69) is 18.1 Å². The molecule has 2 heterocycles. The minimum absolute atomic E-state index is 0.0183. The number of phosphoric ester groups is 1. The van der Waals surface area contributed by atoms with Crippen molar-refractivity contribution < 1.29 is 60.6 Å². The summed E-state index contributed by atoms with van der Waals surface area (Å²) in [6, 6.07) is 0. The van der Waals surface area contributed by atoms with Crippen LogP contribution in [0.2, 0.25) is 0 Å². The molecule has 1 saturated heterocycles. The number of nitrogen functional groups attached to an aromatic ring is 1. The summed E-state index contributed by atoms with van der Waals surface area (Å²) in [6.07, 6.45) is -1.29. The van der Waals surface area contributed by atoms with Crippen LogP contribution in [0.4, 0.5) is 5.82 Å². The molecule has 0 saturated carbocycles. The lowest BCUT2D eigenvalue weighted by Crippen LogP contribution is -2.29. The summed E-state index contributed by atoms with van der Waals surface area (Å²) in [5.41, 5.74) is 5.42. The molecule has 1 aromatic heterocycles. The van der Waals surface area contributed by atoms with Crippen molar-refractivity contribution in [3.05, 3.63) is 22.2 Å². The van der Waals surface area contributed by atoms with Crippen molar-refractivity contribution in [2.75, 3.05) is 26.1 Å². The highest BCUT2D eigenvalue weighted by Crippen LogP contribution is 2.66. The maximum Gasteiger partial charge on any atom is 0.490 e. The number of nitrogens with two attached hydrogens (primary N) is 1. The number of anilines is 1. The third kappa shape index (κ3) is 8.60. The number of nitrogens with zero attached hydrogens (tertiary/aromatic N) is 2. The van der Waals surface area contributed by atoms with Gasteiger partial charge in [0.05, 0.1) is 19.3 Å². The second-order valence-corrected chi connectivity index (χ2v) is 10.9. The number of aromatic nitrogens is 2. The zero-order valence-electron chi connectivity index (χ0n) is 17.3. The Morgan fingerprint density at radius 1 is 1.21 bits per heavy atom. The van der Waals surface area contributed by atoms with Gasteiger partial charge in [0.15, 0.2) is 0 Å². The predicted octanol–water partition coefficient (Wildman–Crippen LogP) is 0.00780. The fourth-order valence-corrected chi connectivity index (χ4v) is 5.82. The first kappa shape index (κ1) is 28.2. The van der Waals surface area contributed by atoms with Crippen LogP contribution in [0, 0.1) is 0 Å². The normalized spacial score (nSPS) is 25.0. The van der Waals surface area contributed by atoms with E-state index in [1.165, 1.54) is 13.3 Å². The average molecular weight is 539 g/mol. The quantitative estimate of drug-likeness (QED) is 0.219. The highest BCUT2D eigenvalue weighted by Gasteiger charge is 2.43. The van der Waals surface area contributed by atoms with Crippen LogP contribution in [0.15, 0.2) is 11.0 Å². The van der Waals surface area contributed by atoms with Crippen molar-refractivity contribution in [3.8, 4) is 0 Å². The smallest absolute Gasteiger partial charge is 0.383 e. The molecule has 0 bridgehead atoms. The number of ether oxygens (including phenoxy) is 3. The summed E-state index contributed by atoms with van der Waals surface area (Å²) in [4.78, 5) is 51.9. The van der Waals surface area contributed by atoms with E-state index in [9.17, 15) is 28.3 Å². The minimum Gasteiger partial charge on any atom is -0.383 e. The molecule has 20 heteroatoms. The van der Waals surface area contributed by atoms with E-state index in [1.54, 1.807) is 6.92 Å². The van der Waals surface area contributed by atoms with Gasteiger partial charge in [0.2, 0.25) is 0 Å². The predicted molar refractivity (Wildman–Crippen MR) is 107 cm³/mol. The molecule has 5 atom stereocenters. The van der Waals surface area contributed by atoms with Gasteiger partial charge in [-0.25, -0.2) is 18.5 Å². The van der Waals surface area contributed by atoms with Crippen LogP contribution < -0.4 is 11.4 Å². The van der Waals surface area contributed by atoms with E-state index in [0.717, 1.165) is 4.57 Å². The molecule has 6 N–H and O–H groups in total. The molecule has 0 amide bonds. The molecule has 33 heavy (non-hydrogen) atoms. The first-order valence-electron chi connectivity index (χ1n) is 9.08. The standard InChI is InChI=1S/C13H24N3O14P3/c1-3-26-6-8-5-16(13(17)15-12(8)14)11-4-9(25-2)10(28-11)7-27-32(21,22)30-33(23,24)29-31(18,19)20/h5,9-11H,3-4,6-7H2,1-2H3,(H,21,22)(H,23,24)(H2,14,15,17)(H2,18,19,20)/t9?,10-,11-/m1/s1. The third-order valence-corrected chi connectivity index (χ3v) is 7.94. The Hall–Kier alpha value is -1.03. The Kier molecular flexibility index (Phi) is 9.52. The van der Waals surface area contributed by atoms with Crippen LogP contribution in [0.5, 0.6) is 0 Å². The van der Waals surface area contributed by atoms with Gasteiger partial charge in [-0.2, -0.15) is 13.6 Å². The average Bonchev–Trinajstić information content (AvgIpc) is 3.06. The minimum atomic E-state index is -5.66. The third-order valence-electron chi connectivity index (χ3n) is 4.13. The summed E-state index contributed by atoms with van der Waals surface area (Å²) >= 11 is 0. The van der Waals surface area contributed by atoms with Gasteiger partial charge >= 0.3 is 29.2 Å². The molecule has 1 aromatic rings. The lowest BCUT2D eigenvalue weighted by Gasteiger charge is -2.20. The zero-order chi connectivity index (χ0) is 25.0. The topological polar surface area (TPSA) is 248 Å². The second-order valence-electron chi connectivity index (χ2n) is 6.50. The highest BCUT2D eigenvalue weighted by molar-refractivity contribution is 7.66. The molecule has 0 aromatic carbocycles. The van der Waals surface area contributed by atoms with Crippen molar-refractivity contribution in [2.45, 2.75) is 38.4 Å². The van der Waals surface area contributed by atoms with E-state index in [1.807, 2.05) is 0 Å². The van der Waals surface area contributed by atoms with E-state index in [0.29, 0.717) is 12.2 Å². The summed E-state index contributed by atoms with van der Waals surface area (Å²) < 4.78 is 63.1. The molecule has 3 unspecified atom stereocenters. The molecule has 1 aliphatic rings. The molecule has 2 rings (SSSR count). The van der Waals surface area contributed by atoms with Crippen molar-refractivity contribution >= 4 is 29.3 Å². The number of methoxy groups -OCH3 is 1. The van der Waals surface area contributed by atoms with Gasteiger partial charge in [0.1, 0.15) is 18.1 Å². The Bertz CT molecular complexity index is 1030. The van der Waals surface area contributed by atoms with E-state index < -0.39 is 54.2 Å². The fraction of sp³-hybridized carbons (Fsp3) is 0.692. The summed E-state index contributed by atoms with van der Waals surface area (Å²) in [5, 5.41) is 0. The number of hydrogen-bond acceptors (Lipinski definition) is 12. The van der Waals surface area contributed by atoms with Crippen molar-refractivity contribution in [3.63, 3.8) is 0 Å². The van der Waals surface area contributed by atoms with Crippen molar-refractivity contribution in [2.24, 2.45) is 0 Å². The van der Waals surface area contributed by atoms with Gasteiger partial charge in [-0.15, -0.1) is 0 Å². The summed E-state index contributed by atoms with van der Waals surface area (Å²) in [5.74, 6) is -0.0183. The van der Waals surface area contributed by atoms with Gasteiger partial charge < -0.3 is 39.5 Å². The summed E-state index contributed by atoms with van der Waals surface area (Å²) in [6.45, 7) is 1.52. The second kappa shape index (κ2) is 11.1. The number of phosphoric acid groups is 3. The van der Waals surface area contributed by atoms with Gasteiger partial charge in [-0.3, -0.25) is 9.09 Å². The Morgan fingerprint density at radius 2 is 1.88 bits per heavy atom.